The van der Waals surface area contributed by atoms with Crippen LogP contribution in [0, 0.1) is 0 Å². The van der Waals surface area contributed by atoms with Gasteiger partial charge in [0.15, 0.2) is 5.78 Å². The predicted molar refractivity (Wildman–Crippen MR) is 63.6 cm³/mol. The zero-order valence-corrected chi connectivity index (χ0v) is 10.0. The third-order valence-electron chi connectivity index (χ3n) is 1.73. The van der Waals surface area contributed by atoms with Crippen LogP contribution in [0.1, 0.15) is 10.4 Å². The average Bonchev–Trinajstić information content (AvgIpc) is 2.18. The standard InChI is InChI=1S/C11H11Cl2NO/c1-14(2)6-5-11(15)8-3-4-9(12)10(13)7-8/h3-7H,1-2H3. The van der Waals surface area contributed by atoms with E-state index in [0.29, 0.717) is 15.6 Å². The minimum absolute atomic E-state index is 0.0951. The molecule has 0 aliphatic carbocycles. The molecule has 15 heavy (non-hydrogen) atoms. The summed E-state index contributed by atoms with van der Waals surface area (Å²) < 4.78 is 0. The number of nitrogens with zero attached hydrogens (tertiary/aromatic N) is 1. The van der Waals surface area contributed by atoms with Crippen molar-refractivity contribution in [3.63, 3.8) is 0 Å². The van der Waals surface area contributed by atoms with Gasteiger partial charge in [0.05, 0.1) is 10.0 Å². The predicted octanol–water partition coefficient (Wildman–Crippen LogP) is 3.25. The van der Waals surface area contributed by atoms with Gasteiger partial charge >= 0.3 is 0 Å². The van der Waals surface area contributed by atoms with E-state index in [2.05, 4.69) is 0 Å². The number of carbonyl (C=O) groups is 1. The first-order chi connectivity index (χ1) is 7.00. The van der Waals surface area contributed by atoms with Crippen molar-refractivity contribution in [1.82, 2.24) is 4.90 Å². The zero-order chi connectivity index (χ0) is 11.4. The van der Waals surface area contributed by atoms with Gasteiger partial charge in [-0.1, -0.05) is 23.2 Å². The first-order valence-electron chi connectivity index (χ1n) is 4.34. The Morgan fingerprint density at radius 2 is 1.93 bits per heavy atom. The summed E-state index contributed by atoms with van der Waals surface area (Å²) in [5.41, 5.74) is 0.530. The van der Waals surface area contributed by atoms with Crippen molar-refractivity contribution in [3.05, 3.63) is 46.1 Å². The van der Waals surface area contributed by atoms with E-state index in [0.717, 1.165) is 0 Å². The van der Waals surface area contributed by atoms with Crippen molar-refractivity contribution in [2.75, 3.05) is 14.1 Å². The van der Waals surface area contributed by atoms with Crippen LogP contribution in [0.5, 0.6) is 0 Å². The normalized spacial score (nSPS) is 10.7. The molecule has 80 valence electrons. The van der Waals surface area contributed by atoms with Crippen molar-refractivity contribution < 1.29 is 4.79 Å². The molecule has 0 bridgehead atoms. The molecule has 0 unspecified atom stereocenters. The second kappa shape index (κ2) is 5.19. The van der Waals surface area contributed by atoms with Crippen LogP contribution in [0.4, 0.5) is 0 Å². The first-order valence-corrected chi connectivity index (χ1v) is 5.10. The van der Waals surface area contributed by atoms with Crippen molar-refractivity contribution >= 4 is 29.0 Å². The van der Waals surface area contributed by atoms with Gasteiger partial charge in [-0.25, -0.2) is 0 Å². The Kier molecular flexibility index (Phi) is 4.18. The molecule has 1 aromatic rings. The number of ketones is 1. The van der Waals surface area contributed by atoms with Gasteiger partial charge in [0.1, 0.15) is 0 Å². The minimum Gasteiger partial charge on any atom is -0.383 e. The fourth-order valence-corrected chi connectivity index (χ4v) is 1.26. The molecule has 0 spiro atoms. The number of carbonyl (C=O) groups excluding carboxylic acids is 1. The van der Waals surface area contributed by atoms with Crippen LogP contribution >= 0.6 is 23.2 Å². The summed E-state index contributed by atoms with van der Waals surface area (Å²) in [5, 5.41) is 0.838. The third kappa shape index (κ3) is 3.57. The van der Waals surface area contributed by atoms with E-state index in [1.54, 1.807) is 29.3 Å². The second-order valence-corrected chi connectivity index (χ2v) is 4.09. The van der Waals surface area contributed by atoms with E-state index >= 15 is 0 Å². The van der Waals surface area contributed by atoms with E-state index in [4.69, 9.17) is 23.2 Å². The molecule has 2 nitrogen and oxygen atoms in total. The molecule has 0 fully saturated rings. The lowest BCUT2D eigenvalue weighted by atomic mass is 10.1. The van der Waals surface area contributed by atoms with E-state index in [1.165, 1.54) is 6.08 Å². The van der Waals surface area contributed by atoms with Crippen LogP contribution in [0.25, 0.3) is 0 Å². The molecular formula is C11H11Cl2NO. The molecule has 0 saturated carbocycles. The van der Waals surface area contributed by atoms with Crippen molar-refractivity contribution in [2.24, 2.45) is 0 Å². The van der Waals surface area contributed by atoms with E-state index in [9.17, 15) is 4.79 Å². The van der Waals surface area contributed by atoms with E-state index in [-0.39, 0.29) is 5.78 Å². The molecule has 0 N–H and O–H groups in total. The van der Waals surface area contributed by atoms with E-state index in [1.807, 2.05) is 14.1 Å². The highest BCUT2D eigenvalue weighted by molar-refractivity contribution is 6.42. The second-order valence-electron chi connectivity index (χ2n) is 3.27. The Morgan fingerprint density at radius 3 is 2.47 bits per heavy atom. The molecule has 4 heteroatoms. The number of hydrogen-bond donors (Lipinski definition) is 0. The average molecular weight is 244 g/mol. The minimum atomic E-state index is -0.0951. The topological polar surface area (TPSA) is 20.3 Å². The quantitative estimate of drug-likeness (QED) is 0.600. The molecule has 0 heterocycles. The fourth-order valence-electron chi connectivity index (χ4n) is 0.962. The fraction of sp³-hybridized carbons (Fsp3) is 0.182. The van der Waals surface area contributed by atoms with Gasteiger partial charge in [-0.2, -0.15) is 0 Å². The summed E-state index contributed by atoms with van der Waals surface area (Å²) in [5.74, 6) is -0.0951. The molecule has 1 aromatic carbocycles. The Balaban J connectivity index is 2.88. The molecule has 0 aromatic heterocycles. The Labute approximate surface area is 99.1 Å². The maximum Gasteiger partial charge on any atom is 0.187 e. The van der Waals surface area contributed by atoms with Crippen LogP contribution in [-0.2, 0) is 0 Å². The lowest BCUT2D eigenvalue weighted by Gasteiger charge is -2.03. The summed E-state index contributed by atoms with van der Waals surface area (Å²) >= 11 is 11.5. The number of hydrogen-bond acceptors (Lipinski definition) is 2. The monoisotopic (exact) mass is 243 g/mol. The highest BCUT2D eigenvalue weighted by Gasteiger charge is 2.04. The van der Waals surface area contributed by atoms with Crippen molar-refractivity contribution in [3.8, 4) is 0 Å². The van der Waals surface area contributed by atoms with Crippen LogP contribution in [0.2, 0.25) is 10.0 Å². The van der Waals surface area contributed by atoms with Gasteiger partial charge in [0.2, 0.25) is 0 Å². The van der Waals surface area contributed by atoms with Crippen LogP contribution < -0.4 is 0 Å². The van der Waals surface area contributed by atoms with Crippen LogP contribution in [-0.4, -0.2) is 24.8 Å². The van der Waals surface area contributed by atoms with Crippen LogP contribution in [0.3, 0.4) is 0 Å². The number of allylic oxidation sites excluding steroid dienone is 1. The highest BCUT2D eigenvalue weighted by atomic mass is 35.5. The summed E-state index contributed by atoms with van der Waals surface area (Å²) in [6.45, 7) is 0. The Morgan fingerprint density at radius 1 is 1.27 bits per heavy atom. The van der Waals surface area contributed by atoms with Gasteiger partial charge in [0.25, 0.3) is 0 Å². The number of benzene rings is 1. The number of rotatable bonds is 3. The molecule has 1 rings (SSSR count). The van der Waals surface area contributed by atoms with Gasteiger partial charge in [-0.3, -0.25) is 4.79 Å². The molecule has 0 aliphatic rings. The third-order valence-corrected chi connectivity index (χ3v) is 2.47. The molecule has 0 saturated heterocycles. The highest BCUT2D eigenvalue weighted by Crippen LogP contribution is 2.22. The summed E-state index contributed by atoms with van der Waals surface area (Å²) in [6.07, 6.45) is 3.17. The molecule has 0 radical (unpaired) electrons. The van der Waals surface area contributed by atoms with Crippen molar-refractivity contribution in [1.29, 1.82) is 0 Å². The Bertz CT molecular complexity index is 400. The van der Waals surface area contributed by atoms with E-state index < -0.39 is 0 Å². The molecular weight excluding hydrogens is 233 g/mol. The summed E-state index contributed by atoms with van der Waals surface area (Å²) in [4.78, 5) is 13.4. The van der Waals surface area contributed by atoms with Gasteiger partial charge < -0.3 is 4.90 Å². The largest absolute Gasteiger partial charge is 0.383 e. The first kappa shape index (κ1) is 12.1. The van der Waals surface area contributed by atoms with Gasteiger partial charge in [-0.05, 0) is 18.2 Å². The molecule has 0 amide bonds. The van der Waals surface area contributed by atoms with Crippen LogP contribution in [0.15, 0.2) is 30.5 Å². The lowest BCUT2D eigenvalue weighted by molar-refractivity contribution is 0.104. The summed E-state index contributed by atoms with van der Waals surface area (Å²) in [7, 11) is 3.69. The van der Waals surface area contributed by atoms with Gasteiger partial charge in [-0.15, -0.1) is 0 Å². The molecule has 0 aliphatic heterocycles. The maximum atomic E-state index is 11.6. The number of halogens is 2. The van der Waals surface area contributed by atoms with Crippen molar-refractivity contribution in [2.45, 2.75) is 0 Å². The lowest BCUT2D eigenvalue weighted by Crippen LogP contribution is -2.03. The maximum absolute atomic E-state index is 11.6. The zero-order valence-electron chi connectivity index (χ0n) is 8.50. The van der Waals surface area contributed by atoms with Gasteiger partial charge in [0, 0.05) is 31.9 Å². The molecule has 0 atom stereocenters. The SMILES string of the molecule is CN(C)C=CC(=O)c1ccc(Cl)c(Cl)c1. The smallest absolute Gasteiger partial charge is 0.187 e. The Hall–Kier alpha value is -0.990. The summed E-state index contributed by atoms with van der Waals surface area (Å²) in [6, 6.07) is 4.82.